The van der Waals surface area contributed by atoms with E-state index in [1.807, 2.05) is 0 Å². The highest BCUT2D eigenvalue weighted by Crippen LogP contribution is 2.49. The summed E-state index contributed by atoms with van der Waals surface area (Å²) in [6, 6.07) is 5.76. The Labute approximate surface area is 183 Å². The predicted octanol–water partition coefficient (Wildman–Crippen LogP) is 2.97. The number of nitrogens with zero attached hydrogens (tertiary/aromatic N) is 3. The zero-order valence-electron chi connectivity index (χ0n) is 17.4. The summed E-state index contributed by atoms with van der Waals surface area (Å²) in [4.78, 5) is 14.8. The van der Waals surface area contributed by atoms with E-state index in [9.17, 15) is 26.4 Å². The summed E-state index contributed by atoms with van der Waals surface area (Å²) in [5.74, 6) is -0.132. The van der Waals surface area contributed by atoms with Crippen molar-refractivity contribution in [1.29, 1.82) is 0 Å². The van der Waals surface area contributed by atoms with E-state index < -0.39 is 21.8 Å². The van der Waals surface area contributed by atoms with Gasteiger partial charge < -0.3 is 4.90 Å². The summed E-state index contributed by atoms with van der Waals surface area (Å²) in [6.45, 7) is 1.24. The maximum absolute atomic E-state index is 13.4. The number of hydrogen-bond donors (Lipinski definition) is 1. The number of aromatic amines is 1. The predicted molar refractivity (Wildman–Crippen MR) is 109 cm³/mol. The van der Waals surface area contributed by atoms with Crippen LogP contribution in [0.15, 0.2) is 24.3 Å². The lowest BCUT2D eigenvalue weighted by molar-refractivity contribution is -0.138. The molecule has 2 aliphatic heterocycles. The number of aromatic nitrogens is 2. The lowest BCUT2D eigenvalue weighted by Crippen LogP contribution is -2.31. The number of hydrogen-bond acceptors (Lipinski definition) is 4. The van der Waals surface area contributed by atoms with E-state index in [0.29, 0.717) is 42.8 Å². The van der Waals surface area contributed by atoms with Gasteiger partial charge in [0.15, 0.2) is 5.69 Å². The van der Waals surface area contributed by atoms with Gasteiger partial charge in [-0.25, -0.2) is 8.42 Å². The van der Waals surface area contributed by atoms with Crippen LogP contribution in [0.25, 0.3) is 0 Å². The Morgan fingerprint density at radius 3 is 2.41 bits per heavy atom. The van der Waals surface area contributed by atoms with Gasteiger partial charge in [-0.3, -0.25) is 9.89 Å². The van der Waals surface area contributed by atoms with Crippen molar-refractivity contribution in [3.05, 3.63) is 52.3 Å². The molecule has 32 heavy (non-hydrogen) atoms. The number of halogens is 3. The highest BCUT2D eigenvalue weighted by atomic mass is 32.2. The van der Waals surface area contributed by atoms with Gasteiger partial charge in [-0.15, -0.1) is 0 Å². The number of alkyl halides is 3. The van der Waals surface area contributed by atoms with Crippen molar-refractivity contribution in [3.63, 3.8) is 0 Å². The lowest BCUT2D eigenvalue weighted by atomic mass is 9.91. The summed E-state index contributed by atoms with van der Waals surface area (Å²) < 4.78 is 65.2. The van der Waals surface area contributed by atoms with Crippen molar-refractivity contribution < 1.29 is 26.4 Å². The van der Waals surface area contributed by atoms with Crippen molar-refractivity contribution in [2.75, 3.05) is 19.3 Å². The second kappa shape index (κ2) is 7.31. The van der Waals surface area contributed by atoms with E-state index in [2.05, 4.69) is 10.2 Å². The van der Waals surface area contributed by atoms with Crippen molar-refractivity contribution in [2.45, 2.75) is 38.0 Å². The van der Waals surface area contributed by atoms with Gasteiger partial charge in [0.1, 0.15) is 0 Å². The second-order valence-corrected chi connectivity index (χ2v) is 11.0. The molecule has 2 unspecified atom stereocenters. The lowest BCUT2D eigenvalue weighted by Gasteiger charge is -2.21. The molecule has 0 radical (unpaired) electrons. The largest absolute Gasteiger partial charge is 0.416 e. The van der Waals surface area contributed by atoms with Gasteiger partial charge in [-0.05, 0) is 42.2 Å². The van der Waals surface area contributed by atoms with Gasteiger partial charge >= 0.3 is 6.18 Å². The molecule has 5 rings (SSSR count). The summed E-state index contributed by atoms with van der Waals surface area (Å²) in [5.41, 5.74) is 1.25. The zero-order valence-corrected chi connectivity index (χ0v) is 18.2. The van der Waals surface area contributed by atoms with Crippen LogP contribution < -0.4 is 0 Å². The number of likely N-dealkylation sites (tertiary alicyclic amines) is 1. The van der Waals surface area contributed by atoms with Gasteiger partial charge in [-0.1, -0.05) is 18.2 Å². The van der Waals surface area contributed by atoms with E-state index in [1.54, 1.807) is 17.0 Å². The SMILES string of the molecule is CS(=O)(=O)N1Cc2[nH]nc(C(=O)N3CC4CC(c5ccccc5C(F)(F)F)CC4C3)c2C1. The van der Waals surface area contributed by atoms with Gasteiger partial charge in [-0.2, -0.15) is 22.6 Å². The standard InChI is InChI=1S/C21H23F3N4O3S/c1-32(30,31)28-10-16-18(11-28)25-26-19(16)20(29)27-8-13-6-12(7-14(13)9-27)15-4-2-3-5-17(15)21(22,23)24/h2-5,12-14H,6-11H2,1H3,(H,25,26). The molecule has 2 atom stereocenters. The molecule has 3 heterocycles. The van der Waals surface area contributed by atoms with Gasteiger partial charge in [0.05, 0.1) is 24.1 Å². The maximum Gasteiger partial charge on any atom is 0.416 e. The van der Waals surface area contributed by atoms with Gasteiger partial charge in [0, 0.05) is 25.2 Å². The van der Waals surface area contributed by atoms with Crippen LogP contribution in [0, 0.1) is 11.8 Å². The molecule has 1 saturated heterocycles. The Morgan fingerprint density at radius 1 is 1.12 bits per heavy atom. The van der Waals surface area contributed by atoms with Crippen LogP contribution in [0.3, 0.4) is 0 Å². The number of amides is 1. The van der Waals surface area contributed by atoms with Crippen molar-refractivity contribution in [3.8, 4) is 0 Å². The number of benzene rings is 1. The monoisotopic (exact) mass is 468 g/mol. The number of fused-ring (bicyclic) bond motifs is 2. The molecule has 1 aliphatic carbocycles. The Hall–Kier alpha value is -2.40. The Bertz CT molecular complexity index is 1160. The average molecular weight is 469 g/mol. The van der Waals surface area contributed by atoms with Crippen LogP contribution in [0.5, 0.6) is 0 Å². The van der Waals surface area contributed by atoms with Gasteiger partial charge in [0.2, 0.25) is 10.0 Å². The summed E-state index contributed by atoms with van der Waals surface area (Å²) in [6.07, 6.45) is -2.02. The first kappa shape index (κ1) is 21.4. The quantitative estimate of drug-likeness (QED) is 0.751. The van der Waals surface area contributed by atoms with Crippen LogP contribution in [0.2, 0.25) is 0 Å². The van der Waals surface area contributed by atoms with E-state index in [-0.39, 0.29) is 42.4 Å². The minimum atomic E-state index is -4.38. The molecular formula is C21H23F3N4O3S. The highest BCUT2D eigenvalue weighted by molar-refractivity contribution is 7.88. The van der Waals surface area contributed by atoms with Crippen LogP contribution in [0.4, 0.5) is 13.2 Å². The fraction of sp³-hybridized carbons (Fsp3) is 0.524. The molecule has 0 spiro atoms. The fourth-order valence-electron chi connectivity index (χ4n) is 5.50. The molecule has 11 heteroatoms. The minimum Gasteiger partial charge on any atom is -0.337 e. The smallest absolute Gasteiger partial charge is 0.337 e. The third-order valence-corrected chi connectivity index (χ3v) is 8.23. The van der Waals surface area contributed by atoms with E-state index in [0.717, 1.165) is 12.3 Å². The fourth-order valence-corrected chi connectivity index (χ4v) is 6.23. The van der Waals surface area contributed by atoms with E-state index >= 15 is 0 Å². The molecule has 0 bridgehead atoms. The molecule has 172 valence electrons. The first-order valence-corrected chi connectivity index (χ1v) is 12.3. The van der Waals surface area contributed by atoms with Crippen molar-refractivity contribution in [2.24, 2.45) is 11.8 Å². The molecule has 2 aromatic rings. The Balaban J connectivity index is 1.29. The molecule has 1 aromatic heterocycles. The molecule has 3 aliphatic rings. The normalized spacial score (nSPS) is 25.9. The summed E-state index contributed by atoms with van der Waals surface area (Å²) in [5, 5.41) is 6.91. The van der Waals surface area contributed by atoms with Gasteiger partial charge in [0.25, 0.3) is 5.91 Å². The molecule has 1 saturated carbocycles. The van der Waals surface area contributed by atoms with Crippen molar-refractivity contribution in [1.82, 2.24) is 19.4 Å². The average Bonchev–Trinajstić information content (AvgIpc) is 3.44. The van der Waals surface area contributed by atoms with Crippen LogP contribution in [0.1, 0.15) is 51.6 Å². The number of nitrogens with one attached hydrogen (secondary N) is 1. The molecule has 1 aromatic carbocycles. The zero-order chi connectivity index (χ0) is 22.8. The molecule has 2 fully saturated rings. The number of H-pyrrole nitrogens is 1. The van der Waals surface area contributed by atoms with Crippen LogP contribution >= 0.6 is 0 Å². The molecule has 7 nitrogen and oxygen atoms in total. The maximum atomic E-state index is 13.4. The number of rotatable bonds is 3. The first-order valence-electron chi connectivity index (χ1n) is 10.5. The number of sulfonamides is 1. The van der Waals surface area contributed by atoms with Crippen LogP contribution in [-0.4, -0.2) is 53.1 Å². The van der Waals surface area contributed by atoms with Crippen LogP contribution in [-0.2, 0) is 29.3 Å². The second-order valence-electron chi connectivity index (χ2n) is 9.04. The third-order valence-electron chi connectivity index (χ3n) is 7.04. The van der Waals surface area contributed by atoms with E-state index in [1.165, 1.54) is 10.4 Å². The molecular weight excluding hydrogens is 445 g/mol. The Morgan fingerprint density at radius 2 is 1.78 bits per heavy atom. The summed E-state index contributed by atoms with van der Waals surface area (Å²) >= 11 is 0. The summed E-state index contributed by atoms with van der Waals surface area (Å²) in [7, 11) is -3.38. The van der Waals surface area contributed by atoms with E-state index in [4.69, 9.17) is 0 Å². The molecule has 1 amide bonds. The number of carbonyl (C=O) groups excluding carboxylic acids is 1. The highest BCUT2D eigenvalue weighted by Gasteiger charge is 2.46. The number of carbonyl (C=O) groups is 1. The Kier molecular flexibility index (Phi) is 4.90. The topological polar surface area (TPSA) is 86.4 Å². The molecule has 1 N–H and O–H groups in total. The minimum absolute atomic E-state index is 0.114. The first-order chi connectivity index (χ1) is 15.0. The van der Waals surface area contributed by atoms with Crippen molar-refractivity contribution >= 4 is 15.9 Å². The third kappa shape index (κ3) is 3.61.